The molecule has 0 bridgehead atoms. The lowest BCUT2D eigenvalue weighted by atomic mass is 10.1. The van der Waals surface area contributed by atoms with Gasteiger partial charge in [0.05, 0.1) is 0 Å². The number of hydrogen-bond acceptors (Lipinski definition) is 3. The second-order valence-electron chi connectivity index (χ2n) is 6.69. The Morgan fingerprint density at radius 2 is 1.50 bits per heavy atom. The molecule has 0 unspecified atom stereocenters. The van der Waals surface area contributed by atoms with Crippen molar-refractivity contribution in [3.8, 4) is 0 Å². The zero-order valence-corrected chi connectivity index (χ0v) is 15.8. The maximum Gasteiger partial charge on any atom is 0.222 e. The Morgan fingerprint density at radius 3 is 2.11 bits per heavy atom. The number of rotatable bonds is 9. The maximum absolute atomic E-state index is 13.2. The second kappa shape index (κ2) is 10.3. The van der Waals surface area contributed by atoms with Crippen LogP contribution < -0.4 is 0 Å². The minimum Gasteiger partial charge on any atom is -0.338 e. The zero-order valence-electron chi connectivity index (χ0n) is 15.8. The van der Waals surface area contributed by atoms with Gasteiger partial charge in [0.1, 0.15) is 5.82 Å². The Balaban J connectivity index is 1.60. The highest BCUT2D eigenvalue weighted by molar-refractivity contribution is 5.76. The van der Waals surface area contributed by atoms with E-state index in [-0.39, 0.29) is 11.7 Å². The van der Waals surface area contributed by atoms with Crippen LogP contribution in [0.1, 0.15) is 29.8 Å². The topological polar surface area (TPSA) is 46.1 Å². The van der Waals surface area contributed by atoms with Gasteiger partial charge >= 0.3 is 0 Å². The Bertz CT molecular complexity index is 854. The molecule has 1 aromatic carbocycles. The molecule has 0 atom stereocenters. The van der Waals surface area contributed by atoms with Gasteiger partial charge in [-0.05, 0) is 54.8 Å². The average molecular weight is 377 g/mol. The quantitative estimate of drug-likeness (QED) is 0.561. The fourth-order valence-electron chi connectivity index (χ4n) is 3.02. The number of aryl methyl sites for hydroxylation is 1. The first kappa shape index (κ1) is 19.7. The molecule has 0 N–H and O–H groups in total. The molecule has 0 radical (unpaired) electrons. The van der Waals surface area contributed by atoms with Gasteiger partial charge in [-0.25, -0.2) is 4.39 Å². The van der Waals surface area contributed by atoms with Crippen molar-refractivity contribution >= 4 is 5.91 Å². The number of amides is 1. The van der Waals surface area contributed by atoms with Gasteiger partial charge in [0, 0.05) is 49.7 Å². The molecule has 0 aliphatic carbocycles. The van der Waals surface area contributed by atoms with E-state index in [0.29, 0.717) is 25.9 Å². The van der Waals surface area contributed by atoms with E-state index < -0.39 is 0 Å². The minimum atomic E-state index is -0.273. The fraction of sp³-hybridized carbons (Fsp3) is 0.261. The lowest BCUT2D eigenvalue weighted by Gasteiger charge is -2.23. The van der Waals surface area contributed by atoms with Crippen LogP contribution in [0.4, 0.5) is 4.39 Å². The molecule has 0 saturated carbocycles. The van der Waals surface area contributed by atoms with Crippen LogP contribution in [0.3, 0.4) is 0 Å². The molecular weight excluding hydrogens is 353 g/mol. The third-order valence-electron chi connectivity index (χ3n) is 4.55. The van der Waals surface area contributed by atoms with Crippen molar-refractivity contribution in [3.63, 3.8) is 0 Å². The van der Waals surface area contributed by atoms with Crippen molar-refractivity contribution in [2.75, 3.05) is 6.54 Å². The molecule has 1 amide bonds. The van der Waals surface area contributed by atoms with Gasteiger partial charge in [0.15, 0.2) is 0 Å². The molecule has 3 rings (SSSR count). The summed E-state index contributed by atoms with van der Waals surface area (Å²) in [5.74, 6) is -0.179. The molecule has 2 heterocycles. The van der Waals surface area contributed by atoms with Crippen molar-refractivity contribution in [3.05, 3.63) is 95.8 Å². The normalized spacial score (nSPS) is 10.6. The third-order valence-corrected chi connectivity index (χ3v) is 4.55. The van der Waals surface area contributed by atoms with Crippen LogP contribution >= 0.6 is 0 Å². The molecule has 4 nitrogen and oxygen atoms in total. The van der Waals surface area contributed by atoms with Crippen molar-refractivity contribution in [1.29, 1.82) is 0 Å². The van der Waals surface area contributed by atoms with E-state index in [9.17, 15) is 9.18 Å². The Kier molecular flexibility index (Phi) is 7.24. The zero-order chi connectivity index (χ0) is 19.6. The highest BCUT2D eigenvalue weighted by Crippen LogP contribution is 2.11. The van der Waals surface area contributed by atoms with Crippen LogP contribution in [0.25, 0.3) is 0 Å². The van der Waals surface area contributed by atoms with E-state index in [2.05, 4.69) is 9.97 Å². The SMILES string of the molecule is O=C(CCCc1ccccn1)N(CCc1ccccn1)Cc1ccc(F)cc1. The summed E-state index contributed by atoms with van der Waals surface area (Å²) in [5.41, 5.74) is 2.86. The smallest absolute Gasteiger partial charge is 0.222 e. The number of benzene rings is 1. The van der Waals surface area contributed by atoms with E-state index in [1.165, 1.54) is 12.1 Å². The van der Waals surface area contributed by atoms with Gasteiger partial charge in [-0.3, -0.25) is 14.8 Å². The van der Waals surface area contributed by atoms with Crippen LogP contribution in [0.15, 0.2) is 73.1 Å². The summed E-state index contributed by atoms with van der Waals surface area (Å²) in [6, 6.07) is 17.9. The molecule has 5 heteroatoms. The van der Waals surface area contributed by atoms with Crippen LogP contribution in [0, 0.1) is 5.82 Å². The first-order valence-corrected chi connectivity index (χ1v) is 9.53. The van der Waals surface area contributed by atoms with Gasteiger partial charge in [0.25, 0.3) is 0 Å². The van der Waals surface area contributed by atoms with Crippen LogP contribution in [0.2, 0.25) is 0 Å². The van der Waals surface area contributed by atoms with Gasteiger partial charge < -0.3 is 4.90 Å². The average Bonchev–Trinajstić information content (AvgIpc) is 2.74. The van der Waals surface area contributed by atoms with E-state index in [1.807, 2.05) is 41.3 Å². The van der Waals surface area contributed by atoms with Gasteiger partial charge in [-0.15, -0.1) is 0 Å². The lowest BCUT2D eigenvalue weighted by molar-refractivity contribution is -0.131. The molecule has 3 aromatic rings. The molecule has 0 fully saturated rings. The molecule has 0 aliphatic heterocycles. The van der Waals surface area contributed by atoms with Gasteiger partial charge in [-0.1, -0.05) is 24.3 Å². The minimum absolute atomic E-state index is 0.0937. The van der Waals surface area contributed by atoms with Crippen LogP contribution in [-0.4, -0.2) is 27.3 Å². The van der Waals surface area contributed by atoms with Crippen molar-refractivity contribution in [1.82, 2.24) is 14.9 Å². The second-order valence-corrected chi connectivity index (χ2v) is 6.69. The fourth-order valence-corrected chi connectivity index (χ4v) is 3.02. The standard InChI is InChI=1S/C23H24FN3O/c24-20-12-10-19(11-13-20)18-27(17-14-22-7-2-4-16-26-22)23(28)9-5-8-21-6-1-3-15-25-21/h1-4,6-7,10-13,15-16H,5,8-9,14,17-18H2. The van der Waals surface area contributed by atoms with Crippen molar-refractivity contribution in [2.24, 2.45) is 0 Å². The van der Waals surface area contributed by atoms with Gasteiger partial charge in [-0.2, -0.15) is 0 Å². The summed E-state index contributed by atoms with van der Waals surface area (Å²) in [7, 11) is 0. The molecular formula is C23H24FN3O. The van der Waals surface area contributed by atoms with Crippen LogP contribution in [0.5, 0.6) is 0 Å². The summed E-state index contributed by atoms with van der Waals surface area (Å²) < 4.78 is 13.2. The number of carbonyl (C=O) groups excluding carboxylic acids is 1. The van der Waals surface area contributed by atoms with Gasteiger partial charge in [0.2, 0.25) is 5.91 Å². The Hall–Kier alpha value is -3.08. The van der Waals surface area contributed by atoms with E-state index in [4.69, 9.17) is 0 Å². The maximum atomic E-state index is 13.2. The Morgan fingerprint density at radius 1 is 0.857 bits per heavy atom. The summed E-state index contributed by atoms with van der Waals surface area (Å²) in [6.45, 7) is 1.05. The molecule has 0 saturated heterocycles. The predicted molar refractivity (Wildman–Crippen MR) is 107 cm³/mol. The number of pyridine rings is 2. The molecule has 28 heavy (non-hydrogen) atoms. The number of carbonyl (C=O) groups is 1. The van der Waals surface area contributed by atoms with E-state index >= 15 is 0 Å². The van der Waals surface area contributed by atoms with E-state index in [0.717, 1.165) is 29.8 Å². The highest BCUT2D eigenvalue weighted by atomic mass is 19.1. The first-order valence-electron chi connectivity index (χ1n) is 9.53. The number of aromatic nitrogens is 2. The van der Waals surface area contributed by atoms with Crippen LogP contribution in [-0.2, 0) is 24.2 Å². The first-order chi connectivity index (χ1) is 13.7. The Labute approximate surface area is 165 Å². The molecule has 0 aliphatic rings. The summed E-state index contributed by atoms with van der Waals surface area (Å²) >= 11 is 0. The lowest BCUT2D eigenvalue weighted by Crippen LogP contribution is -2.32. The summed E-state index contributed by atoms with van der Waals surface area (Å²) in [6.07, 6.45) is 6.20. The highest BCUT2D eigenvalue weighted by Gasteiger charge is 2.14. The third kappa shape index (κ3) is 6.27. The van der Waals surface area contributed by atoms with Crippen molar-refractivity contribution < 1.29 is 9.18 Å². The largest absolute Gasteiger partial charge is 0.338 e. The molecule has 0 spiro atoms. The van der Waals surface area contributed by atoms with E-state index in [1.54, 1.807) is 24.5 Å². The number of halogens is 1. The summed E-state index contributed by atoms with van der Waals surface area (Å²) in [4.78, 5) is 23.3. The molecule has 144 valence electrons. The predicted octanol–water partition coefficient (Wildman–Crippen LogP) is 4.21. The monoisotopic (exact) mass is 377 g/mol. The summed E-state index contributed by atoms with van der Waals surface area (Å²) in [5, 5.41) is 0. The number of hydrogen-bond donors (Lipinski definition) is 0. The van der Waals surface area contributed by atoms with Crippen molar-refractivity contribution in [2.45, 2.75) is 32.2 Å². The number of nitrogens with zero attached hydrogens (tertiary/aromatic N) is 3. The molecule has 2 aromatic heterocycles.